The van der Waals surface area contributed by atoms with Crippen molar-refractivity contribution in [2.24, 2.45) is 0 Å². The number of ether oxygens (including phenoxy) is 1. The zero-order chi connectivity index (χ0) is 19.4. The summed E-state index contributed by atoms with van der Waals surface area (Å²) in [7, 11) is -1.73. The standard InChI is InChI=1S/C19H29N3O4S/c1-3-15-6-7-16(19(23)21-8-4-5-17(14-21)20-2)13-18(15)27(24,25)22-9-11-26-12-10-22/h6-7,13,17,20H,3-5,8-12,14H2,1-2H3. The summed E-state index contributed by atoms with van der Waals surface area (Å²) in [6, 6.07) is 5.38. The fraction of sp³-hybridized carbons (Fsp3) is 0.632. The topological polar surface area (TPSA) is 79.0 Å². The number of carbonyl (C=O) groups excluding carboxylic acids is 1. The van der Waals surface area contributed by atoms with Gasteiger partial charge < -0.3 is 15.0 Å². The van der Waals surface area contributed by atoms with Crippen molar-refractivity contribution in [1.82, 2.24) is 14.5 Å². The van der Waals surface area contributed by atoms with E-state index in [0.717, 1.165) is 18.4 Å². The lowest BCUT2D eigenvalue weighted by Crippen LogP contribution is -2.47. The largest absolute Gasteiger partial charge is 0.379 e. The Morgan fingerprint density at radius 3 is 2.67 bits per heavy atom. The lowest BCUT2D eigenvalue weighted by molar-refractivity contribution is 0.0697. The molecular formula is C19H29N3O4S. The van der Waals surface area contributed by atoms with E-state index < -0.39 is 10.0 Å². The van der Waals surface area contributed by atoms with Crippen LogP contribution in [0.5, 0.6) is 0 Å². The Kier molecular flexibility index (Phi) is 6.52. The van der Waals surface area contributed by atoms with Crippen LogP contribution in [0.15, 0.2) is 23.1 Å². The number of morpholine rings is 1. The molecule has 2 fully saturated rings. The van der Waals surface area contributed by atoms with Crippen LogP contribution in [0.2, 0.25) is 0 Å². The van der Waals surface area contributed by atoms with E-state index in [1.54, 1.807) is 18.2 Å². The van der Waals surface area contributed by atoms with Crippen LogP contribution in [0.4, 0.5) is 0 Å². The second-order valence-electron chi connectivity index (χ2n) is 7.07. The maximum atomic E-state index is 13.2. The molecule has 1 amide bonds. The summed E-state index contributed by atoms with van der Waals surface area (Å²) in [5.74, 6) is -0.101. The van der Waals surface area contributed by atoms with Gasteiger partial charge in [-0.15, -0.1) is 0 Å². The van der Waals surface area contributed by atoms with Crippen molar-refractivity contribution < 1.29 is 17.9 Å². The summed E-state index contributed by atoms with van der Waals surface area (Å²) in [5.41, 5.74) is 1.18. The number of amides is 1. The molecule has 0 saturated carbocycles. The Labute approximate surface area is 161 Å². The first kappa shape index (κ1) is 20.3. The van der Waals surface area contributed by atoms with Crippen molar-refractivity contribution in [3.63, 3.8) is 0 Å². The van der Waals surface area contributed by atoms with E-state index >= 15 is 0 Å². The Balaban J connectivity index is 1.90. The Morgan fingerprint density at radius 2 is 2.00 bits per heavy atom. The Morgan fingerprint density at radius 1 is 1.26 bits per heavy atom. The molecule has 0 radical (unpaired) electrons. The van der Waals surface area contributed by atoms with Crippen molar-refractivity contribution in [1.29, 1.82) is 0 Å². The van der Waals surface area contributed by atoms with E-state index in [1.165, 1.54) is 4.31 Å². The van der Waals surface area contributed by atoms with E-state index in [0.29, 0.717) is 51.4 Å². The Hall–Kier alpha value is -1.48. The molecule has 0 bridgehead atoms. The molecule has 1 N–H and O–H groups in total. The molecule has 0 aromatic heterocycles. The van der Waals surface area contributed by atoms with Crippen LogP contribution in [0.25, 0.3) is 0 Å². The average Bonchev–Trinajstić information content (AvgIpc) is 2.73. The molecule has 1 unspecified atom stereocenters. The van der Waals surface area contributed by atoms with Crippen molar-refractivity contribution in [3.05, 3.63) is 29.3 Å². The number of nitrogens with one attached hydrogen (secondary N) is 1. The van der Waals surface area contributed by atoms with Gasteiger partial charge in [0.05, 0.1) is 18.1 Å². The van der Waals surface area contributed by atoms with E-state index in [4.69, 9.17) is 4.74 Å². The van der Waals surface area contributed by atoms with Crippen molar-refractivity contribution in [2.75, 3.05) is 46.4 Å². The van der Waals surface area contributed by atoms with Crippen LogP contribution in [0, 0.1) is 0 Å². The molecule has 2 heterocycles. The minimum Gasteiger partial charge on any atom is -0.379 e. The van der Waals surface area contributed by atoms with Crippen LogP contribution >= 0.6 is 0 Å². The number of benzene rings is 1. The molecular weight excluding hydrogens is 366 g/mol. The lowest BCUT2D eigenvalue weighted by atomic mass is 10.0. The molecule has 1 aromatic rings. The second-order valence-corrected chi connectivity index (χ2v) is 8.98. The highest BCUT2D eigenvalue weighted by molar-refractivity contribution is 7.89. The first-order chi connectivity index (χ1) is 13.0. The lowest BCUT2D eigenvalue weighted by Gasteiger charge is -2.33. The molecule has 0 aliphatic carbocycles. The van der Waals surface area contributed by atoms with Gasteiger partial charge in [0.1, 0.15) is 0 Å². The van der Waals surface area contributed by atoms with Crippen LogP contribution in [0.1, 0.15) is 35.7 Å². The molecule has 2 aliphatic rings. The zero-order valence-corrected chi connectivity index (χ0v) is 16.9. The Bertz CT molecular complexity index is 775. The van der Waals surface area contributed by atoms with Crippen LogP contribution in [-0.4, -0.2) is 76.0 Å². The monoisotopic (exact) mass is 395 g/mol. The minimum atomic E-state index is -3.64. The molecule has 7 nitrogen and oxygen atoms in total. The maximum absolute atomic E-state index is 13.2. The van der Waals surface area contributed by atoms with Gasteiger partial charge in [-0.1, -0.05) is 13.0 Å². The first-order valence-electron chi connectivity index (χ1n) is 9.64. The highest BCUT2D eigenvalue weighted by Gasteiger charge is 2.30. The number of rotatable bonds is 5. The third kappa shape index (κ3) is 4.34. The number of likely N-dealkylation sites (tertiary alicyclic amines) is 1. The molecule has 3 rings (SSSR count). The third-order valence-electron chi connectivity index (χ3n) is 5.40. The maximum Gasteiger partial charge on any atom is 0.253 e. The number of carbonyl (C=O) groups is 1. The SMILES string of the molecule is CCc1ccc(C(=O)N2CCCC(NC)C2)cc1S(=O)(=O)N1CCOCC1. The predicted octanol–water partition coefficient (Wildman–Crippen LogP) is 1.09. The second kappa shape index (κ2) is 8.68. The fourth-order valence-electron chi connectivity index (χ4n) is 3.73. The van der Waals surface area contributed by atoms with Crippen LogP contribution < -0.4 is 5.32 Å². The summed E-state index contributed by atoms with van der Waals surface area (Å²) in [5, 5.41) is 3.23. The van der Waals surface area contributed by atoms with E-state index in [-0.39, 0.29) is 16.8 Å². The summed E-state index contributed by atoms with van der Waals surface area (Å²) in [4.78, 5) is 15.1. The molecule has 1 atom stereocenters. The van der Waals surface area contributed by atoms with E-state index in [2.05, 4.69) is 5.32 Å². The number of nitrogens with zero attached hydrogens (tertiary/aromatic N) is 2. The van der Waals surface area contributed by atoms with Crippen LogP contribution in [0.3, 0.4) is 0 Å². The molecule has 2 saturated heterocycles. The number of hydrogen-bond donors (Lipinski definition) is 1. The van der Waals surface area contributed by atoms with Gasteiger partial charge in [0.25, 0.3) is 5.91 Å². The highest BCUT2D eigenvalue weighted by Crippen LogP contribution is 2.25. The molecule has 27 heavy (non-hydrogen) atoms. The molecule has 1 aromatic carbocycles. The molecule has 0 spiro atoms. The minimum absolute atomic E-state index is 0.101. The van der Waals surface area contributed by atoms with Crippen molar-refractivity contribution >= 4 is 15.9 Å². The van der Waals surface area contributed by atoms with Gasteiger partial charge >= 0.3 is 0 Å². The van der Waals surface area contributed by atoms with Gasteiger partial charge in [0.2, 0.25) is 10.0 Å². The molecule has 150 valence electrons. The number of aryl methyl sites for hydroxylation is 1. The number of hydrogen-bond acceptors (Lipinski definition) is 5. The van der Waals surface area contributed by atoms with Crippen molar-refractivity contribution in [3.8, 4) is 0 Å². The fourth-order valence-corrected chi connectivity index (χ4v) is 5.45. The van der Waals surface area contributed by atoms with Gasteiger partial charge in [0, 0.05) is 37.8 Å². The predicted molar refractivity (Wildman–Crippen MR) is 103 cm³/mol. The van der Waals surface area contributed by atoms with Gasteiger partial charge in [-0.25, -0.2) is 8.42 Å². The van der Waals surface area contributed by atoms with Gasteiger partial charge in [0.15, 0.2) is 0 Å². The third-order valence-corrected chi connectivity index (χ3v) is 7.38. The highest BCUT2D eigenvalue weighted by atomic mass is 32.2. The van der Waals surface area contributed by atoms with Gasteiger partial charge in [-0.3, -0.25) is 4.79 Å². The summed E-state index contributed by atoms with van der Waals surface area (Å²) >= 11 is 0. The summed E-state index contributed by atoms with van der Waals surface area (Å²) < 4.78 is 33.0. The summed E-state index contributed by atoms with van der Waals surface area (Å²) in [6.07, 6.45) is 2.59. The number of piperidine rings is 1. The molecule has 8 heteroatoms. The molecule has 2 aliphatic heterocycles. The quantitative estimate of drug-likeness (QED) is 0.808. The smallest absolute Gasteiger partial charge is 0.253 e. The van der Waals surface area contributed by atoms with Crippen molar-refractivity contribution in [2.45, 2.75) is 37.1 Å². The average molecular weight is 396 g/mol. The van der Waals surface area contributed by atoms with Crippen LogP contribution in [-0.2, 0) is 21.2 Å². The number of likely N-dealkylation sites (N-methyl/N-ethyl adjacent to an activating group) is 1. The van der Waals surface area contributed by atoms with E-state index in [9.17, 15) is 13.2 Å². The van der Waals surface area contributed by atoms with Gasteiger partial charge in [-0.05, 0) is 44.0 Å². The van der Waals surface area contributed by atoms with Gasteiger partial charge in [-0.2, -0.15) is 4.31 Å². The zero-order valence-electron chi connectivity index (χ0n) is 16.1. The normalized spacial score (nSPS) is 22.0. The van der Waals surface area contributed by atoms with E-state index in [1.807, 2.05) is 18.9 Å². The summed E-state index contributed by atoms with van der Waals surface area (Å²) in [6.45, 7) is 4.78. The number of sulfonamides is 1. The first-order valence-corrected chi connectivity index (χ1v) is 11.1.